The summed E-state index contributed by atoms with van der Waals surface area (Å²) in [5.74, 6) is 0.547. The second-order valence-electron chi connectivity index (χ2n) is 11.1. The van der Waals surface area contributed by atoms with Crippen LogP contribution in [0.2, 0.25) is 0 Å². The third-order valence-electron chi connectivity index (χ3n) is 7.52. The molecule has 0 bridgehead atoms. The van der Waals surface area contributed by atoms with Crippen LogP contribution in [0.1, 0.15) is 72.6 Å². The second kappa shape index (κ2) is 16.7. The molecule has 0 spiro atoms. The van der Waals surface area contributed by atoms with Crippen LogP contribution in [-0.4, -0.2) is 39.0 Å². The van der Waals surface area contributed by atoms with Crippen molar-refractivity contribution in [1.82, 2.24) is 10.2 Å². The van der Waals surface area contributed by atoms with E-state index in [1.54, 1.807) is 35.2 Å². The molecule has 3 aromatic carbocycles. The number of rotatable bonds is 14. The Kier molecular flexibility index (Phi) is 12.2. The molecule has 4 aromatic rings. The molecule has 2 heterocycles. The molecule has 5 rings (SSSR count). The molecule has 242 valence electrons. The van der Waals surface area contributed by atoms with Gasteiger partial charge in [0.25, 0.3) is 0 Å². The third kappa shape index (κ3) is 9.84. The van der Waals surface area contributed by atoms with Gasteiger partial charge in [-0.1, -0.05) is 78.1 Å². The van der Waals surface area contributed by atoms with Gasteiger partial charge in [-0.05, 0) is 55.2 Å². The van der Waals surface area contributed by atoms with Crippen molar-refractivity contribution in [1.29, 1.82) is 0 Å². The number of aromatic nitrogens is 2. The van der Waals surface area contributed by atoms with Crippen molar-refractivity contribution in [3.63, 3.8) is 0 Å². The molecule has 1 saturated heterocycles. The first-order chi connectivity index (χ1) is 22.4. The Hall–Kier alpha value is -3.81. The quantitative estimate of drug-likeness (QED) is 0.0651. The topological polar surface area (TPSA) is 149 Å². The number of amides is 2. The summed E-state index contributed by atoms with van der Waals surface area (Å²) in [5.41, 5.74) is 10.4. The molecule has 2 amide bonds. The van der Waals surface area contributed by atoms with Crippen LogP contribution in [0.25, 0.3) is 0 Å². The van der Waals surface area contributed by atoms with E-state index in [2.05, 4.69) is 20.8 Å². The van der Waals surface area contributed by atoms with E-state index >= 15 is 0 Å². The van der Waals surface area contributed by atoms with Gasteiger partial charge in [-0.15, -0.1) is 10.2 Å². The van der Waals surface area contributed by atoms with Gasteiger partial charge in [-0.3, -0.25) is 9.59 Å². The van der Waals surface area contributed by atoms with Crippen molar-refractivity contribution in [2.75, 3.05) is 22.1 Å². The van der Waals surface area contributed by atoms with E-state index in [1.165, 1.54) is 0 Å². The van der Waals surface area contributed by atoms with Crippen LogP contribution in [-0.2, 0) is 25.7 Å². The second-order valence-corrected chi connectivity index (χ2v) is 13.6. The highest BCUT2D eigenvalue weighted by Gasteiger charge is 2.32. The van der Waals surface area contributed by atoms with E-state index in [9.17, 15) is 14.7 Å². The number of carbonyl (C=O) groups excluding carboxylic acids is 2. The van der Waals surface area contributed by atoms with E-state index in [1.807, 2.05) is 67.6 Å². The Morgan fingerprint density at radius 1 is 0.913 bits per heavy atom. The highest BCUT2D eigenvalue weighted by molar-refractivity contribution is 8.01. The summed E-state index contributed by atoms with van der Waals surface area (Å²) in [6.07, 6.45) is 2.71. The van der Waals surface area contributed by atoms with Crippen LogP contribution in [0.5, 0.6) is 0 Å². The van der Waals surface area contributed by atoms with Crippen molar-refractivity contribution >= 4 is 52.0 Å². The number of aliphatic hydroxyl groups is 1. The van der Waals surface area contributed by atoms with Gasteiger partial charge in [0.2, 0.25) is 11.8 Å². The third-order valence-corrected chi connectivity index (χ3v) is 9.63. The predicted octanol–water partition coefficient (Wildman–Crippen LogP) is 6.79. The van der Waals surface area contributed by atoms with E-state index < -0.39 is 6.29 Å². The van der Waals surface area contributed by atoms with Crippen molar-refractivity contribution in [3.8, 4) is 0 Å². The number of benzene rings is 3. The molecule has 0 saturated carbocycles. The van der Waals surface area contributed by atoms with Gasteiger partial charge in [0.05, 0.1) is 30.2 Å². The summed E-state index contributed by atoms with van der Waals surface area (Å²) in [6.45, 7) is 1.93. The fourth-order valence-corrected chi connectivity index (χ4v) is 6.90. The van der Waals surface area contributed by atoms with E-state index in [4.69, 9.17) is 15.2 Å². The first-order valence-electron chi connectivity index (χ1n) is 15.3. The number of anilines is 3. The molecule has 46 heavy (non-hydrogen) atoms. The van der Waals surface area contributed by atoms with Crippen LogP contribution >= 0.6 is 23.1 Å². The number of thioether (sulfide) groups is 1. The standard InChI is InChI=1S/C34H39N5O5S2/c1-22-38-39-34(46-22)45-21-27-19-30(24-13-11-23(20-40)12-14-24)44-33(43-27)25-15-17-26(18-16-25)36-31(41)9-3-2-4-10-32(42)37-29-8-6-5-7-28(29)35/h5-8,11-18,27,30,33,40H,2-4,9-10,19-21,35H2,1H3,(H,36,41)(H,37,42)/t27-,30+,33+/m0/s1. The number of hydrogen-bond donors (Lipinski definition) is 4. The minimum atomic E-state index is -0.585. The Bertz CT molecular complexity index is 1580. The van der Waals surface area contributed by atoms with Gasteiger partial charge in [-0.25, -0.2) is 0 Å². The van der Waals surface area contributed by atoms with Gasteiger partial charge in [0.1, 0.15) is 5.01 Å². The number of ether oxygens (including phenoxy) is 2. The molecule has 12 heteroatoms. The lowest BCUT2D eigenvalue weighted by Gasteiger charge is -2.36. The number of nitrogens with zero attached hydrogens (tertiary/aromatic N) is 2. The smallest absolute Gasteiger partial charge is 0.224 e. The molecule has 0 unspecified atom stereocenters. The summed E-state index contributed by atoms with van der Waals surface area (Å²) >= 11 is 3.19. The summed E-state index contributed by atoms with van der Waals surface area (Å²) < 4.78 is 13.7. The molecular formula is C34H39N5O5S2. The molecule has 3 atom stereocenters. The summed E-state index contributed by atoms with van der Waals surface area (Å²) in [5, 5.41) is 24.5. The molecule has 1 aromatic heterocycles. The first kappa shape index (κ1) is 33.6. The lowest BCUT2D eigenvalue weighted by atomic mass is 10.0. The minimum absolute atomic E-state index is 0.00880. The largest absolute Gasteiger partial charge is 0.397 e. The molecular weight excluding hydrogens is 623 g/mol. The van der Waals surface area contributed by atoms with Crippen LogP contribution < -0.4 is 16.4 Å². The molecule has 5 N–H and O–H groups in total. The highest BCUT2D eigenvalue weighted by Crippen LogP contribution is 2.40. The van der Waals surface area contributed by atoms with Crippen LogP contribution in [0.15, 0.2) is 77.1 Å². The maximum absolute atomic E-state index is 12.6. The number of hydrogen-bond acceptors (Lipinski definition) is 10. The number of nitrogen functional groups attached to an aromatic ring is 1. The fraction of sp³-hybridized carbons (Fsp3) is 0.353. The Morgan fingerprint density at radius 3 is 2.28 bits per heavy atom. The van der Waals surface area contributed by atoms with Crippen molar-refractivity contribution < 1.29 is 24.2 Å². The predicted molar refractivity (Wildman–Crippen MR) is 181 cm³/mol. The normalized spacial score (nSPS) is 17.8. The molecule has 1 fully saturated rings. The van der Waals surface area contributed by atoms with Crippen molar-refractivity contribution in [3.05, 3.63) is 94.5 Å². The number of nitrogens with one attached hydrogen (secondary N) is 2. The van der Waals surface area contributed by atoms with Gasteiger partial charge >= 0.3 is 0 Å². The minimum Gasteiger partial charge on any atom is -0.397 e. The number of nitrogens with two attached hydrogens (primary N) is 1. The van der Waals surface area contributed by atoms with Crippen LogP contribution in [0.3, 0.4) is 0 Å². The Morgan fingerprint density at radius 2 is 1.61 bits per heavy atom. The number of unbranched alkanes of at least 4 members (excludes halogenated alkanes) is 2. The van der Waals surface area contributed by atoms with Gasteiger partial charge in [0, 0.05) is 36.3 Å². The zero-order valence-corrected chi connectivity index (χ0v) is 27.3. The summed E-state index contributed by atoms with van der Waals surface area (Å²) in [4.78, 5) is 24.8. The Balaban J connectivity index is 1.10. The van der Waals surface area contributed by atoms with Crippen molar-refractivity contribution in [2.45, 2.75) is 74.9 Å². The zero-order valence-electron chi connectivity index (χ0n) is 25.7. The SMILES string of the molecule is Cc1nnc(SC[C@@H]2C[C@H](c3ccc(CO)cc3)O[C@H](c3ccc(NC(=O)CCCCCC(=O)Nc4ccccc4N)cc3)O2)s1. The molecule has 1 aliphatic heterocycles. The Labute approximate surface area is 277 Å². The van der Waals surface area contributed by atoms with E-state index in [-0.39, 0.29) is 30.6 Å². The summed E-state index contributed by atoms with van der Waals surface area (Å²) in [7, 11) is 0. The van der Waals surface area contributed by atoms with Gasteiger partial charge in [-0.2, -0.15) is 0 Å². The molecule has 0 aliphatic carbocycles. The fourth-order valence-electron chi connectivity index (χ4n) is 5.04. The number of para-hydroxylation sites is 2. The maximum atomic E-state index is 12.6. The monoisotopic (exact) mass is 661 g/mol. The lowest BCUT2D eigenvalue weighted by Crippen LogP contribution is -2.31. The van der Waals surface area contributed by atoms with E-state index in [0.29, 0.717) is 54.9 Å². The maximum Gasteiger partial charge on any atom is 0.224 e. The lowest BCUT2D eigenvalue weighted by molar-refractivity contribution is -0.245. The summed E-state index contributed by atoms with van der Waals surface area (Å²) in [6, 6.07) is 22.5. The highest BCUT2D eigenvalue weighted by atomic mass is 32.2. The average molecular weight is 662 g/mol. The number of aryl methyl sites for hydroxylation is 1. The molecule has 1 aliphatic rings. The van der Waals surface area contributed by atoms with E-state index in [0.717, 1.165) is 32.5 Å². The number of carbonyl (C=O) groups is 2. The van der Waals surface area contributed by atoms with Crippen LogP contribution in [0, 0.1) is 6.92 Å². The first-order valence-corrected chi connectivity index (χ1v) is 17.1. The van der Waals surface area contributed by atoms with Crippen LogP contribution in [0.4, 0.5) is 17.1 Å². The van der Waals surface area contributed by atoms with Crippen molar-refractivity contribution in [2.24, 2.45) is 0 Å². The average Bonchev–Trinajstić information content (AvgIpc) is 3.49. The molecule has 0 radical (unpaired) electrons. The molecule has 10 nitrogen and oxygen atoms in total. The zero-order chi connectivity index (χ0) is 32.3. The van der Waals surface area contributed by atoms with Gasteiger partial charge in [0.15, 0.2) is 10.6 Å². The number of aliphatic hydroxyl groups excluding tert-OH is 1. The van der Waals surface area contributed by atoms with Gasteiger partial charge < -0.3 is 30.9 Å².